The average Bonchev–Trinajstić information content (AvgIpc) is 2.50. The van der Waals surface area contributed by atoms with E-state index in [0.29, 0.717) is 12.1 Å². The van der Waals surface area contributed by atoms with Crippen molar-refractivity contribution in [2.45, 2.75) is 25.2 Å². The molecule has 2 N–H and O–H groups in total. The van der Waals surface area contributed by atoms with Gasteiger partial charge in [0.05, 0.1) is 15.7 Å². The lowest BCUT2D eigenvalue weighted by molar-refractivity contribution is -0.116. The summed E-state index contributed by atoms with van der Waals surface area (Å²) >= 11 is 12.0. The van der Waals surface area contributed by atoms with E-state index in [1.165, 1.54) is 12.1 Å². The van der Waals surface area contributed by atoms with Crippen LogP contribution in [0.4, 0.5) is 11.4 Å². The van der Waals surface area contributed by atoms with Crippen LogP contribution in [0.1, 0.15) is 20.3 Å². The second kappa shape index (κ2) is 8.08. The zero-order chi connectivity index (χ0) is 18.6. The van der Waals surface area contributed by atoms with Crippen molar-refractivity contribution in [3.8, 4) is 0 Å². The van der Waals surface area contributed by atoms with Gasteiger partial charge in [0.2, 0.25) is 5.91 Å². The van der Waals surface area contributed by atoms with Crippen molar-refractivity contribution in [2.24, 2.45) is 5.92 Å². The second-order valence-corrected chi connectivity index (χ2v) is 8.34. The number of hydrogen-bond donors (Lipinski definition) is 2. The van der Waals surface area contributed by atoms with Crippen LogP contribution in [0, 0.1) is 5.92 Å². The molecule has 5 nitrogen and oxygen atoms in total. The van der Waals surface area contributed by atoms with Crippen LogP contribution in [0.15, 0.2) is 47.4 Å². The van der Waals surface area contributed by atoms with Gasteiger partial charge in [-0.2, -0.15) is 0 Å². The molecule has 0 atom stereocenters. The third-order valence-corrected chi connectivity index (χ3v) is 5.39. The first-order valence-corrected chi connectivity index (χ1v) is 9.79. The molecule has 8 heteroatoms. The average molecular weight is 401 g/mol. The fraction of sp³-hybridized carbons (Fsp3) is 0.235. The molecule has 0 aromatic heterocycles. The summed E-state index contributed by atoms with van der Waals surface area (Å²) in [5, 5.41) is 2.98. The Labute approximate surface area is 157 Å². The lowest BCUT2D eigenvalue weighted by atomic mass is 10.1. The van der Waals surface area contributed by atoms with Gasteiger partial charge >= 0.3 is 0 Å². The predicted octanol–water partition coefficient (Wildman–Crippen LogP) is 4.78. The molecule has 2 rings (SSSR count). The Balaban J connectivity index is 2.29. The van der Waals surface area contributed by atoms with E-state index in [1.807, 2.05) is 13.8 Å². The van der Waals surface area contributed by atoms with E-state index in [4.69, 9.17) is 23.2 Å². The third-order valence-electron chi connectivity index (χ3n) is 3.22. The molecule has 0 spiro atoms. The number of hydrogen-bond acceptors (Lipinski definition) is 3. The van der Waals surface area contributed by atoms with Gasteiger partial charge in [-0.3, -0.25) is 9.52 Å². The Morgan fingerprint density at radius 3 is 2.40 bits per heavy atom. The monoisotopic (exact) mass is 400 g/mol. The first-order valence-electron chi connectivity index (χ1n) is 7.56. The molecule has 0 fully saturated rings. The van der Waals surface area contributed by atoms with E-state index >= 15 is 0 Å². The molecule has 0 saturated heterocycles. The Kier molecular flexibility index (Phi) is 6.32. The predicted molar refractivity (Wildman–Crippen MR) is 102 cm³/mol. The second-order valence-electron chi connectivity index (χ2n) is 5.88. The number of sulfonamides is 1. The molecule has 25 heavy (non-hydrogen) atoms. The van der Waals surface area contributed by atoms with Gasteiger partial charge < -0.3 is 5.32 Å². The number of carbonyl (C=O) groups excluding carboxylic acids is 1. The molecule has 0 bridgehead atoms. The largest absolute Gasteiger partial charge is 0.326 e. The molecule has 1 amide bonds. The maximum atomic E-state index is 12.6. The first kappa shape index (κ1) is 19.6. The van der Waals surface area contributed by atoms with Gasteiger partial charge in [-0.1, -0.05) is 49.2 Å². The minimum atomic E-state index is -3.97. The summed E-state index contributed by atoms with van der Waals surface area (Å²) < 4.78 is 27.6. The first-order chi connectivity index (χ1) is 11.7. The number of amides is 1. The summed E-state index contributed by atoms with van der Waals surface area (Å²) in [4.78, 5) is 11.7. The summed E-state index contributed by atoms with van der Waals surface area (Å²) in [6.45, 7) is 3.84. The molecular formula is C17H18Cl2N2O3S. The van der Waals surface area contributed by atoms with Crippen molar-refractivity contribution >= 4 is 50.5 Å². The molecule has 0 unspecified atom stereocenters. The van der Waals surface area contributed by atoms with Crippen LogP contribution in [0.2, 0.25) is 10.0 Å². The van der Waals surface area contributed by atoms with E-state index in [1.54, 1.807) is 30.3 Å². The highest BCUT2D eigenvalue weighted by Crippen LogP contribution is 2.29. The topological polar surface area (TPSA) is 75.3 Å². The minimum absolute atomic E-state index is 0.0430. The standard InChI is InChI=1S/C17H18Cl2N2O3S/c1-11(2)9-17(22)20-12-7-8-14(19)16(10-12)25(23,24)21-15-6-4-3-5-13(15)18/h3-8,10-11,21H,9H2,1-2H3,(H,20,22). The highest BCUT2D eigenvalue weighted by molar-refractivity contribution is 7.92. The number of nitrogens with one attached hydrogen (secondary N) is 2. The number of para-hydroxylation sites is 1. The molecule has 0 saturated carbocycles. The number of halogens is 2. The van der Waals surface area contributed by atoms with Gasteiger partial charge in [0, 0.05) is 12.1 Å². The van der Waals surface area contributed by atoms with Gasteiger partial charge in [-0.25, -0.2) is 8.42 Å². The summed E-state index contributed by atoms with van der Waals surface area (Å²) in [5.74, 6) is -0.00266. The lowest BCUT2D eigenvalue weighted by Crippen LogP contribution is -2.16. The number of rotatable bonds is 6. The minimum Gasteiger partial charge on any atom is -0.326 e. The molecule has 2 aromatic rings. The van der Waals surface area contributed by atoms with Crippen molar-refractivity contribution < 1.29 is 13.2 Å². The van der Waals surface area contributed by atoms with Crippen molar-refractivity contribution in [1.82, 2.24) is 0 Å². The fourth-order valence-electron chi connectivity index (χ4n) is 2.11. The van der Waals surface area contributed by atoms with Crippen LogP contribution in [0.3, 0.4) is 0 Å². The van der Waals surface area contributed by atoms with Crippen LogP contribution >= 0.6 is 23.2 Å². The van der Waals surface area contributed by atoms with Crippen molar-refractivity contribution in [3.05, 3.63) is 52.5 Å². The van der Waals surface area contributed by atoms with Crippen molar-refractivity contribution in [1.29, 1.82) is 0 Å². The van der Waals surface area contributed by atoms with Gasteiger partial charge in [0.15, 0.2) is 0 Å². The van der Waals surface area contributed by atoms with E-state index in [-0.39, 0.29) is 32.5 Å². The molecule has 2 aromatic carbocycles. The van der Waals surface area contributed by atoms with Gasteiger partial charge in [0.1, 0.15) is 4.90 Å². The molecular weight excluding hydrogens is 383 g/mol. The summed E-state index contributed by atoms with van der Waals surface area (Å²) in [5.41, 5.74) is 0.601. The van der Waals surface area contributed by atoms with Crippen LogP contribution in [0.25, 0.3) is 0 Å². The molecule has 0 heterocycles. The van der Waals surface area contributed by atoms with Crippen LogP contribution in [0.5, 0.6) is 0 Å². The summed E-state index contributed by atoms with van der Waals surface area (Å²) in [6, 6.07) is 10.8. The Morgan fingerprint density at radius 1 is 1.08 bits per heavy atom. The molecule has 0 aliphatic rings. The quantitative estimate of drug-likeness (QED) is 0.732. The maximum absolute atomic E-state index is 12.6. The zero-order valence-electron chi connectivity index (χ0n) is 13.7. The van der Waals surface area contributed by atoms with Crippen molar-refractivity contribution in [2.75, 3.05) is 10.0 Å². The van der Waals surface area contributed by atoms with Crippen molar-refractivity contribution in [3.63, 3.8) is 0 Å². The smallest absolute Gasteiger partial charge is 0.263 e. The van der Waals surface area contributed by atoms with E-state index < -0.39 is 10.0 Å². The third kappa shape index (κ3) is 5.36. The fourth-order valence-corrected chi connectivity index (χ4v) is 3.96. The molecule has 134 valence electrons. The SMILES string of the molecule is CC(C)CC(=O)Nc1ccc(Cl)c(S(=O)(=O)Nc2ccccc2Cl)c1. The molecule has 0 aliphatic heterocycles. The van der Waals surface area contributed by atoms with Gasteiger partial charge in [0.25, 0.3) is 10.0 Å². The van der Waals surface area contributed by atoms with Crippen LogP contribution in [-0.4, -0.2) is 14.3 Å². The number of anilines is 2. The zero-order valence-corrected chi connectivity index (χ0v) is 16.0. The maximum Gasteiger partial charge on any atom is 0.263 e. The van der Waals surface area contributed by atoms with Crippen LogP contribution < -0.4 is 10.0 Å². The van der Waals surface area contributed by atoms with Gasteiger partial charge in [-0.15, -0.1) is 0 Å². The van der Waals surface area contributed by atoms with E-state index in [9.17, 15) is 13.2 Å². The highest BCUT2D eigenvalue weighted by Gasteiger charge is 2.20. The summed E-state index contributed by atoms with van der Waals surface area (Å²) in [7, 11) is -3.97. The summed E-state index contributed by atoms with van der Waals surface area (Å²) in [6.07, 6.45) is 0.336. The Hall–Kier alpha value is -1.76. The van der Waals surface area contributed by atoms with E-state index in [2.05, 4.69) is 10.0 Å². The normalized spacial score (nSPS) is 11.4. The Morgan fingerprint density at radius 2 is 1.76 bits per heavy atom. The lowest BCUT2D eigenvalue weighted by Gasteiger charge is -2.13. The van der Waals surface area contributed by atoms with E-state index in [0.717, 1.165) is 0 Å². The number of carbonyl (C=O) groups is 1. The highest BCUT2D eigenvalue weighted by atomic mass is 35.5. The molecule has 0 aliphatic carbocycles. The Bertz CT molecular complexity index is 883. The van der Waals surface area contributed by atoms with Gasteiger partial charge in [-0.05, 0) is 36.2 Å². The molecule has 0 radical (unpaired) electrons. The number of benzene rings is 2. The van der Waals surface area contributed by atoms with Crippen LogP contribution in [-0.2, 0) is 14.8 Å².